The molecule has 0 aromatic rings. The minimum atomic E-state index is -0.0839. The van der Waals surface area contributed by atoms with Gasteiger partial charge in [0.15, 0.2) is 0 Å². The van der Waals surface area contributed by atoms with Crippen LogP contribution in [0.1, 0.15) is 53.4 Å². The first-order chi connectivity index (χ1) is 8.78. The maximum Gasteiger partial charge on any atom is 0.0790 e. The zero-order chi connectivity index (χ0) is 14.3. The molecule has 1 heterocycles. The highest BCUT2D eigenvalue weighted by atomic mass is 16.5. The number of rotatable bonds is 4. The molecule has 0 aromatic carbocycles. The molecule has 1 saturated heterocycles. The molecule has 1 N–H and O–H groups in total. The SMILES string of the molecule is CNC1C(CN(C)C2CCCC2)C(C)(C)OC1(C)C. The fourth-order valence-electron chi connectivity index (χ4n) is 4.38. The van der Waals surface area contributed by atoms with Gasteiger partial charge in [-0.25, -0.2) is 0 Å². The summed E-state index contributed by atoms with van der Waals surface area (Å²) in [5.41, 5.74) is -0.135. The van der Waals surface area contributed by atoms with Crippen molar-refractivity contribution in [3.8, 4) is 0 Å². The van der Waals surface area contributed by atoms with E-state index in [2.05, 4.69) is 52.0 Å². The molecule has 112 valence electrons. The van der Waals surface area contributed by atoms with Gasteiger partial charge in [0.2, 0.25) is 0 Å². The second kappa shape index (κ2) is 5.34. The Balaban J connectivity index is 2.07. The van der Waals surface area contributed by atoms with Gasteiger partial charge in [0, 0.05) is 24.5 Å². The molecule has 1 aliphatic carbocycles. The van der Waals surface area contributed by atoms with Crippen LogP contribution in [-0.2, 0) is 4.74 Å². The van der Waals surface area contributed by atoms with Gasteiger partial charge in [-0.2, -0.15) is 0 Å². The summed E-state index contributed by atoms with van der Waals surface area (Å²) in [4.78, 5) is 2.58. The summed E-state index contributed by atoms with van der Waals surface area (Å²) in [7, 11) is 4.36. The predicted octanol–water partition coefficient (Wildman–Crippen LogP) is 2.65. The van der Waals surface area contributed by atoms with E-state index in [1.165, 1.54) is 25.7 Å². The highest BCUT2D eigenvalue weighted by Crippen LogP contribution is 2.42. The fraction of sp³-hybridized carbons (Fsp3) is 1.00. The van der Waals surface area contributed by atoms with Crippen molar-refractivity contribution in [1.82, 2.24) is 10.2 Å². The zero-order valence-corrected chi connectivity index (χ0v) is 13.6. The molecule has 0 bridgehead atoms. The van der Waals surface area contributed by atoms with E-state index in [1.54, 1.807) is 0 Å². The molecule has 2 fully saturated rings. The van der Waals surface area contributed by atoms with E-state index in [-0.39, 0.29) is 11.2 Å². The number of hydrogen-bond donors (Lipinski definition) is 1. The van der Waals surface area contributed by atoms with Crippen molar-refractivity contribution in [2.45, 2.75) is 76.7 Å². The summed E-state index contributed by atoms with van der Waals surface area (Å²) in [6, 6.07) is 1.21. The van der Waals surface area contributed by atoms with Crippen molar-refractivity contribution in [3.63, 3.8) is 0 Å². The Hall–Kier alpha value is -0.120. The van der Waals surface area contributed by atoms with Crippen molar-refractivity contribution < 1.29 is 4.74 Å². The van der Waals surface area contributed by atoms with Gasteiger partial charge in [0.25, 0.3) is 0 Å². The molecule has 3 heteroatoms. The summed E-state index contributed by atoms with van der Waals surface area (Å²) in [5.74, 6) is 0.540. The van der Waals surface area contributed by atoms with Crippen LogP contribution < -0.4 is 5.32 Å². The topological polar surface area (TPSA) is 24.5 Å². The molecular weight excluding hydrogens is 236 g/mol. The van der Waals surface area contributed by atoms with Gasteiger partial charge in [-0.15, -0.1) is 0 Å². The summed E-state index contributed by atoms with van der Waals surface area (Å²) in [6.07, 6.45) is 5.55. The molecule has 2 rings (SSSR count). The van der Waals surface area contributed by atoms with Crippen LogP contribution in [0.2, 0.25) is 0 Å². The Morgan fingerprint density at radius 1 is 1.11 bits per heavy atom. The Kier molecular flexibility index (Phi) is 4.29. The van der Waals surface area contributed by atoms with E-state index in [1.807, 2.05) is 0 Å². The fourth-order valence-corrected chi connectivity index (χ4v) is 4.38. The lowest BCUT2D eigenvalue weighted by Crippen LogP contribution is -2.50. The van der Waals surface area contributed by atoms with Crippen LogP contribution in [0.15, 0.2) is 0 Å². The van der Waals surface area contributed by atoms with Crippen LogP contribution in [0, 0.1) is 5.92 Å². The van der Waals surface area contributed by atoms with Crippen LogP contribution >= 0.6 is 0 Å². The van der Waals surface area contributed by atoms with Gasteiger partial charge in [-0.1, -0.05) is 12.8 Å². The molecule has 3 nitrogen and oxygen atoms in total. The minimum Gasteiger partial charge on any atom is -0.368 e. The van der Waals surface area contributed by atoms with Crippen molar-refractivity contribution in [2.75, 3.05) is 20.6 Å². The average Bonchev–Trinajstić information content (AvgIpc) is 2.84. The van der Waals surface area contributed by atoms with E-state index in [9.17, 15) is 0 Å². The van der Waals surface area contributed by atoms with Gasteiger partial charge in [0.05, 0.1) is 11.2 Å². The molecule has 0 aromatic heterocycles. The average molecular weight is 268 g/mol. The molecular formula is C16H32N2O. The monoisotopic (exact) mass is 268 g/mol. The predicted molar refractivity (Wildman–Crippen MR) is 80.5 cm³/mol. The maximum atomic E-state index is 6.33. The second-order valence-corrected chi connectivity index (χ2v) is 7.56. The summed E-state index contributed by atoms with van der Waals surface area (Å²) in [6.45, 7) is 10.1. The number of nitrogens with zero attached hydrogens (tertiary/aromatic N) is 1. The normalized spacial score (nSPS) is 34.3. The van der Waals surface area contributed by atoms with Crippen LogP contribution in [0.4, 0.5) is 0 Å². The van der Waals surface area contributed by atoms with Crippen molar-refractivity contribution >= 4 is 0 Å². The van der Waals surface area contributed by atoms with Crippen molar-refractivity contribution in [2.24, 2.45) is 5.92 Å². The number of ether oxygens (including phenoxy) is 1. The van der Waals surface area contributed by atoms with Crippen molar-refractivity contribution in [3.05, 3.63) is 0 Å². The van der Waals surface area contributed by atoms with Crippen LogP contribution in [-0.4, -0.2) is 48.8 Å². The molecule has 0 radical (unpaired) electrons. The van der Waals surface area contributed by atoms with E-state index in [0.717, 1.165) is 12.6 Å². The molecule has 2 atom stereocenters. The Labute approximate surface area is 119 Å². The summed E-state index contributed by atoms with van der Waals surface area (Å²) < 4.78 is 6.33. The van der Waals surface area contributed by atoms with Crippen molar-refractivity contribution in [1.29, 1.82) is 0 Å². The lowest BCUT2D eigenvalue weighted by molar-refractivity contribution is -0.0795. The lowest BCUT2D eigenvalue weighted by Gasteiger charge is -2.35. The largest absolute Gasteiger partial charge is 0.368 e. The second-order valence-electron chi connectivity index (χ2n) is 7.56. The highest BCUT2D eigenvalue weighted by Gasteiger charge is 2.53. The molecule has 1 aliphatic heterocycles. The van der Waals surface area contributed by atoms with E-state index in [4.69, 9.17) is 4.74 Å². The molecule has 1 saturated carbocycles. The Bertz CT molecular complexity index is 308. The highest BCUT2D eigenvalue weighted by molar-refractivity contribution is 5.05. The number of nitrogens with one attached hydrogen (secondary N) is 1. The lowest BCUT2D eigenvalue weighted by atomic mass is 9.82. The smallest absolute Gasteiger partial charge is 0.0790 e. The van der Waals surface area contributed by atoms with E-state index in [0.29, 0.717) is 12.0 Å². The molecule has 19 heavy (non-hydrogen) atoms. The number of likely N-dealkylation sites (N-methyl/N-ethyl adjacent to an activating group) is 1. The Morgan fingerprint density at radius 2 is 1.68 bits per heavy atom. The number of hydrogen-bond acceptors (Lipinski definition) is 3. The van der Waals surface area contributed by atoms with Crippen LogP contribution in [0.25, 0.3) is 0 Å². The zero-order valence-electron chi connectivity index (χ0n) is 13.6. The van der Waals surface area contributed by atoms with Gasteiger partial charge in [-0.3, -0.25) is 0 Å². The van der Waals surface area contributed by atoms with Gasteiger partial charge in [-0.05, 0) is 54.6 Å². The van der Waals surface area contributed by atoms with Crippen LogP contribution in [0.3, 0.4) is 0 Å². The van der Waals surface area contributed by atoms with Gasteiger partial charge >= 0.3 is 0 Å². The van der Waals surface area contributed by atoms with E-state index >= 15 is 0 Å². The molecule has 0 spiro atoms. The summed E-state index contributed by atoms with van der Waals surface area (Å²) >= 11 is 0. The standard InChI is InChI=1S/C16H32N2O/c1-15(2)13(14(17-5)16(3,4)19-15)11-18(6)12-9-7-8-10-12/h12-14,17H,7-11H2,1-6H3. The van der Waals surface area contributed by atoms with Crippen LogP contribution in [0.5, 0.6) is 0 Å². The first-order valence-corrected chi connectivity index (χ1v) is 7.85. The molecule has 2 unspecified atom stereocenters. The third-order valence-corrected chi connectivity index (χ3v) is 5.31. The Morgan fingerprint density at radius 3 is 2.21 bits per heavy atom. The van der Waals surface area contributed by atoms with E-state index < -0.39 is 0 Å². The molecule has 2 aliphatic rings. The summed E-state index contributed by atoms with van der Waals surface area (Å²) in [5, 5.41) is 3.50. The first kappa shape index (κ1) is 15.3. The van der Waals surface area contributed by atoms with Gasteiger partial charge < -0.3 is 15.0 Å². The third-order valence-electron chi connectivity index (χ3n) is 5.31. The third kappa shape index (κ3) is 2.98. The first-order valence-electron chi connectivity index (χ1n) is 7.85. The molecule has 0 amide bonds. The minimum absolute atomic E-state index is 0.0515. The maximum absolute atomic E-state index is 6.33. The van der Waals surface area contributed by atoms with Gasteiger partial charge in [0.1, 0.15) is 0 Å². The quantitative estimate of drug-likeness (QED) is 0.848.